The van der Waals surface area contributed by atoms with Gasteiger partial charge in [0.2, 0.25) is 0 Å². The molecule has 0 spiro atoms. The molecule has 76 valence electrons. The molecular weight excluding hydrogens is 174 g/mol. The van der Waals surface area contributed by atoms with Crippen molar-refractivity contribution < 1.29 is 0 Å². The molecule has 0 unspecified atom stereocenters. The fraction of sp³-hybridized carbons (Fsp3) is 0.727. The van der Waals surface area contributed by atoms with E-state index in [1.54, 1.807) is 0 Å². The van der Waals surface area contributed by atoms with Crippen LogP contribution in [0, 0.1) is 0 Å². The largest absolute Gasteiger partial charge is 0.325 e. The van der Waals surface area contributed by atoms with Crippen LogP contribution >= 0.6 is 0 Å². The Morgan fingerprint density at radius 1 is 1.50 bits per heavy atom. The van der Waals surface area contributed by atoms with Gasteiger partial charge in [0.1, 0.15) is 0 Å². The molecule has 3 nitrogen and oxygen atoms in total. The molecule has 0 amide bonds. The lowest BCUT2D eigenvalue weighted by atomic mass is 10.0. The molecule has 3 N–H and O–H groups in total. The number of nitrogens with zero attached hydrogens (tertiary/aromatic N) is 1. The van der Waals surface area contributed by atoms with Gasteiger partial charge in [-0.2, -0.15) is 5.10 Å². The van der Waals surface area contributed by atoms with Crippen molar-refractivity contribution in [2.75, 3.05) is 0 Å². The molecule has 2 aliphatic carbocycles. The third-order valence-electron chi connectivity index (χ3n) is 3.52. The molecule has 0 radical (unpaired) electrons. The number of nitrogens with one attached hydrogen (secondary N) is 1. The molecule has 0 atom stereocenters. The summed E-state index contributed by atoms with van der Waals surface area (Å²) in [7, 11) is 0. The minimum Gasteiger partial charge on any atom is -0.325 e. The van der Waals surface area contributed by atoms with Gasteiger partial charge in [0.05, 0.1) is 6.20 Å². The van der Waals surface area contributed by atoms with E-state index in [0.717, 1.165) is 18.8 Å². The van der Waals surface area contributed by atoms with Crippen LogP contribution in [0.15, 0.2) is 6.20 Å². The Bertz CT molecular complexity index is 334. The molecule has 0 aliphatic heterocycles. The quantitative estimate of drug-likeness (QED) is 0.761. The van der Waals surface area contributed by atoms with Gasteiger partial charge in [0, 0.05) is 17.2 Å². The van der Waals surface area contributed by atoms with Crippen LogP contribution in [-0.2, 0) is 6.42 Å². The molecule has 2 fully saturated rings. The lowest BCUT2D eigenvalue weighted by molar-refractivity contribution is 0.607. The first kappa shape index (κ1) is 8.48. The molecular formula is C11H17N3. The molecule has 2 aliphatic rings. The molecule has 1 aromatic rings. The predicted molar refractivity (Wildman–Crippen MR) is 55.0 cm³/mol. The van der Waals surface area contributed by atoms with Gasteiger partial charge in [0.25, 0.3) is 0 Å². The maximum atomic E-state index is 6.07. The fourth-order valence-electron chi connectivity index (χ4n) is 2.04. The van der Waals surface area contributed by atoms with Crippen LogP contribution < -0.4 is 5.73 Å². The van der Waals surface area contributed by atoms with Crippen molar-refractivity contribution in [1.82, 2.24) is 10.2 Å². The van der Waals surface area contributed by atoms with E-state index in [9.17, 15) is 0 Å². The van der Waals surface area contributed by atoms with Crippen molar-refractivity contribution in [3.8, 4) is 0 Å². The average Bonchev–Trinajstić information content (AvgIpc) is 3.08. The van der Waals surface area contributed by atoms with Gasteiger partial charge in [-0.1, -0.05) is 0 Å². The third-order valence-corrected chi connectivity index (χ3v) is 3.52. The number of H-pyrrole nitrogens is 1. The van der Waals surface area contributed by atoms with E-state index < -0.39 is 0 Å². The summed E-state index contributed by atoms with van der Waals surface area (Å²) in [6, 6.07) is 0. The van der Waals surface area contributed by atoms with E-state index >= 15 is 0 Å². The van der Waals surface area contributed by atoms with Gasteiger partial charge in [0.15, 0.2) is 0 Å². The number of aromatic nitrogens is 2. The van der Waals surface area contributed by atoms with Gasteiger partial charge in [-0.3, -0.25) is 5.10 Å². The van der Waals surface area contributed by atoms with Crippen LogP contribution in [-0.4, -0.2) is 15.7 Å². The Morgan fingerprint density at radius 2 is 2.29 bits per heavy atom. The molecule has 1 aromatic heterocycles. The number of aryl methyl sites for hydroxylation is 1. The highest BCUT2D eigenvalue weighted by Crippen LogP contribution is 2.42. The zero-order valence-electron chi connectivity index (χ0n) is 8.42. The second-order valence-corrected chi connectivity index (χ2v) is 4.95. The maximum Gasteiger partial charge on any atom is 0.0522 e. The third kappa shape index (κ3) is 1.57. The van der Waals surface area contributed by atoms with Crippen molar-refractivity contribution in [3.63, 3.8) is 0 Å². The topological polar surface area (TPSA) is 54.7 Å². The SMILES string of the molecule is NC1(CCc2cn[nH]c2C2CC2)CC1. The average molecular weight is 191 g/mol. The molecule has 0 bridgehead atoms. The Kier molecular flexibility index (Phi) is 1.71. The smallest absolute Gasteiger partial charge is 0.0522 e. The van der Waals surface area contributed by atoms with Crippen LogP contribution in [0.25, 0.3) is 0 Å². The maximum absolute atomic E-state index is 6.07. The lowest BCUT2D eigenvalue weighted by Crippen LogP contribution is -2.22. The summed E-state index contributed by atoms with van der Waals surface area (Å²) >= 11 is 0. The van der Waals surface area contributed by atoms with E-state index in [-0.39, 0.29) is 5.54 Å². The van der Waals surface area contributed by atoms with Crippen molar-refractivity contribution in [1.29, 1.82) is 0 Å². The highest BCUT2D eigenvalue weighted by atomic mass is 15.1. The van der Waals surface area contributed by atoms with Crippen molar-refractivity contribution in [3.05, 3.63) is 17.5 Å². The van der Waals surface area contributed by atoms with E-state index in [0.29, 0.717) is 0 Å². The standard InChI is InChI=1S/C11H17N3/c12-11(5-6-11)4-3-9-7-13-14-10(9)8-1-2-8/h7-8H,1-6,12H2,(H,13,14). The summed E-state index contributed by atoms with van der Waals surface area (Å²) in [5.74, 6) is 0.778. The predicted octanol–water partition coefficient (Wildman–Crippen LogP) is 1.71. The highest BCUT2D eigenvalue weighted by Gasteiger charge is 2.38. The fourth-order valence-corrected chi connectivity index (χ4v) is 2.04. The number of nitrogens with two attached hydrogens (primary N) is 1. The van der Waals surface area contributed by atoms with Crippen molar-refractivity contribution >= 4 is 0 Å². The Balaban J connectivity index is 1.66. The van der Waals surface area contributed by atoms with E-state index in [2.05, 4.69) is 10.2 Å². The van der Waals surface area contributed by atoms with Crippen LogP contribution in [0.5, 0.6) is 0 Å². The van der Waals surface area contributed by atoms with E-state index in [1.807, 2.05) is 6.20 Å². The minimum absolute atomic E-state index is 0.179. The monoisotopic (exact) mass is 191 g/mol. The van der Waals surface area contributed by atoms with Gasteiger partial charge in [-0.15, -0.1) is 0 Å². The molecule has 0 saturated heterocycles. The molecule has 1 heterocycles. The number of rotatable bonds is 4. The number of hydrogen-bond acceptors (Lipinski definition) is 2. The Hall–Kier alpha value is -0.830. The molecule has 0 aromatic carbocycles. The summed E-state index contributed by atoms with van der Waals surface area (Å²) in [5, 5.41) is 7.27. The normalized spacial score (nSPS) is 23.8. The van der Waals surface area contributed by atoms with Crippen LogP contribution in [0.4, 0.5) is 0 Å². The number of aromatic amines is 1. The zero-order chi connectivity index (χ0) is 9.60. The van der Waals surface area contributed by atoms with Gasteiger partial charge in [-0.25, -0.2) is 0 Å². The van der Waals surface area contributed by atoms with Crippen LogP contribution in [0.1, 0.15) is 49.3 Å². The minimum atomic E-state index is 0.179. The Labute approximate surface area is 84.1 Å². The Morgan fingerprint density at radius 3 is 2.93 bits per heavy atom. The molecule has 3 rings (SSSR count). The molecule has 2 saturated carbocycles. The lowest BCUT2D eigenvalue weighted by Gasteiger charge is -2.07. The number of hydrogen-bond donors (Lipinski definition) is 2. The summed E-state index contributed by atoms with van der Waals surface area (Å²) in [5.41, 5.74) is 9.04. The van der Waals surface area contributed by atoms with Gasteiger partial charge in [-0.05, 0) is 44.1 Å². The second-order valence-electron chi connectivity index (χ2n) is 4.95. The summed E-state index contributed by atoms with van der Waals surface area (Å²) in [6.07, 6.45) is 9.32. The first-order valence-corrected chi connectivity index (χ1v) is 5.58. The summed E-state index contributed by atoms with van der Waals surface area (Å²) < 4.78 is 0. The van der Waals surface area contributed by atoms with Crippen molar-refractivity contribution in [2.24, 2.45) is 5.73 Å². The summed E-state index contributed by atoms with van der Waals surface area (Å²) in [4.78, 5) is 0. The van der Waals surface area contributed by atoms with Crippen LogP contribution in [0.2, 0.25) is 0 Å². The first-order valence-electron chi connectivity index (χ1n) is 5.58. The molecule has 3 heteroatoms. The van der Waals surface area contributed by atoms with Crippen LogP contribution in [0.3, 0.4) is 0 Å². The highest BCUT2D eigenvalue weighted by molar-refractivity contribution is 5.25. The van der Waals surface area contributed by atoms with Gasteiger partial charge >= 0.3 is 0 Å². The zero-order valence-corrected chi connectivity index (χ0v) is 8.42. The van der Waals surface area contributed by atoms with E-state index in [4.69, 9.17) is 5.73 Å². The molecule has 14 heavy (non-hydrogen) atoms. The summed E-state index contributed by atoms with van der Waals surface area (Å²) in [6.45, 7) is 0. The second kappa shape index (κ2) is 2.83. The first-order chi connectivity index (χ1) is 6.77. The van der Waals surface area contributed by atoms with E-state index in [1.165, 1.54) is 36.9 Å². The van der Waals surface area contributed by atoms with Crippen molar-refractivity contribution in [2.45, 2.75) is 50.0 Å². The van der Waals surface area contributed by atoms with Gasteiger partial charge < -0.3 is 5.73 Å².